The van der Waals surface area contributed by atoms with Crippen molar-refractivity contribution in [1.82, 2.24) is 0 Å². The molecule has 0 atom stereocenters. The van der Waals surface area contributed by atoms with Gasteiger partial charge in [0.1, 0.15) is 0 Å². The molecule has 2 N–H and O–H groups in total. The lowest BCUT2D eigenvalue weighted by Gasteiger charge is -2.10. The largest absolute Gasteiger partial charge is 0.402 e. The van der Waals surface area contributed by atoms with Crippen LogP contribution < -0.4 is 5.73 Å². The number of benzene rings is 1. The molecule has 2 heteroatoms. The van der Waals surface area contributed by atoms with Crippen LogP contribution in [0, 0.1) is 6.92 Å². The van der Waals surface area contributed by atoms with Crippen molar-refractivity contribution in [2.75, 3.05) is 0 Å². The third kappa shape index (κ3) is 5.54. The maximum Gasteiger partial charge on any atom is 0.0685 e. The van der Waals surface area contributed by atoms with E-state index in [2.05, 4.69) is 45.2 Å². The van der Waals surface area contributed by atoms with Crippen molar-refractivity contribution in [3.63, 3.8) is 0 Å². The molecule has 0 aliphatic rings. The molecular formula is C22H28N2. The van der Waals surface area contributed by atoms with Gasteiger partial charge >= 0.3 is 0 Å². The van der Waals surface area contributed by atoms with Crippen molar-refractivity contribution in [2.45, 2.75) is 34.1 Å². The summed E-state index contributed by atoms with van der Waals surface area (Å²) in [4.78, 5) is 4.71. The molecule has 0 fully saturated rings. The first kappa shape index (κ1) is 19.4. The van der Waals surface area contributed by atoms with Crippen LogP contribution in [0.3, 0.4) is 0 Å². The van der Waals surface area contributed by atoms with E-state index in [0.717, 1.165) is 23.3 Å². The molecule has 1 rings (SSSR count). The van der Waals surface area contributed by atoms with Crippen molar-refractivity contribution < 1.29 is 0 Å². The van der Waals surface area contributed by atoms with E-state index in [0.29, 0.717) is 11.4 Å². The molecule has 0 spiro atoms. The van der Waals surface area contributed by atoms with Crippen LogP contribution in [-0.2, 0) is 0 Å². The second-order valence-electron chi connectivity index (χ2n) is 5.66. The second-order valence-corrected chi connectivity index (χ2v) is 5.66. The highest BCUT2D eigenvalue weighted by atomic mass is 14.8. The van der Waals surface area contributed by atoms with Gasteiger partial charge in [-0.05, 0) is 61.6 Å². The number of aliphatic imine (C=N–C) groups is 1. The van der Waals surface area contributed by atoms with Crippen LogP contribution in [0.4, 0.5) is 0 Å². The fourth-order valence-electron chi connectivity index (χ4n) is 2.32. The van der Waals surface area contributed by atoms with Crippen molar-refractivity contribution >= 4 is 11.8 Å². The summed E-state index contributed by atoms with van der Waals surface area (Å²) in [7, 11) is 0. The van der Waals surface area contributed by atoms with E-state index in [1.54, 1.807) is 6.08 Å². The quantitative estimate of drug-likeness (QED) is 0.505. The van der Waals surface area contributed by atoms with Gasteiger partial charge in [0.05, 0.1) is 11.4 Å². The summed E-state index contributed by atoms with van der Waals surface area (Å²) >= 11 is 0. The van der Waals surface area contributed by atoms with Crippen molar-refractivity contribution in [3.8, 4) is 0 Å². The predicted octanol–water partition coefficient (Wildman–Crippen LogP) is 5.74. The van der Waals surface area contributed by atoms with Gasteiger partial charge in [-0.15, -0.1) is 0 Å². The number of rotatable bonds is 7. The Kier molecular flexibility index (Phi) is 7.70. The topological polar surface area (TPSA) is 38.4 Å². The van der Waals surface area contributed by atoms with E-state index in [1.807, 2.05) is 38.1 Å². The maximum atomic E-state index is 5.91. The van der Waals surface area contributed by atoms with Crippen LogP contribution >= 0.6 is 0 Å². The molecule has 0 saturated carbocycles. The van der Waals surface area contributed by atoms with Gasteiger partial charge < -0.3 is 5.73 Å². The van der Waals surface area contributed by atoms with Crippen LogP contribution in [0.25, 0.3) is 6.08 Å². The summed E-state index contributed by atoms with van der Waals surface area (Å²) in [6, 6.07) is 8.30. The van der Waals surface area contributed by atoms with Gasteiger partial charge in [0, 0.05) is 5.70 Å². The van der Waals surface area contributed by atoms with Crippen LogP contribution in [0.15, 0.2) is 83.2 Å². The third-order valence-electron chi connectivity index (χ3n) is 3.71. The summed E-state index contributed by atoms with van der Waals surface area (Å²) in [5.41, 5.74) is 12.6. The van der Waals surface area contributed by atoms with E-state index in [9.17, 15) is 0 Å². The Morgan fingerprint density at radius 1 is 1.29 bits per heavy atom. The van der Waals surface area contributed by atoms with Crippen molar-refractivity contribution in [3.05, 3.63) is 89.3 Å². The van der Waals surface area contributed by atoms with E-state index >= 15 is 0 Å². The van der Waals surface area contributed by atoms with Gasteiger partial charge in [0.25, 0.3) is 0 Å². The van der Waals surface area contributed by atoms with Crippen LogP contribution in [-0.4, -0.2) is 5.71 Å². The average Bonchev–Trinajstić information content (AvgIpc) is 2.54. The SMILES string of the molecule is C=C/C(=C\C)C(=C)/N=C(\C=C(\C)N)C(=C/c1ccccc1C)/CC. The van der Waals surface area contributed by atoms with Crippen molar-refractivity contribution in [1.29, 1.82) is 0 Å². The zero-order valence-corrected chi connectivity index (χ0v) is 15.3. The Morgan fingerprint density at radius 3 is 2.46 bits per heavy atom. The number of nitrogens with zero attached hydrogens (tertiary/aromatic N) is 1. The lowest BCUT2D eigenvalue weighted by molar-refractivity contribution is 1.17. The molecule has 2 nitrogen and oxygen atoms in total. The number of hydrogen-bond donors (Lipinski definition) is 1. The molecule has 0 bridgehead atoms. The van der Waals surface area contributed by atoms with E-state index in [1.165, 1.54) is 11.1 Å². The Hall–Kier alpha value is -2.61. The minimum atomic E-state index is 0.684. The molecule has 0 heterocycles. The van der Waals surface area contributed by atoms with Gasteiger partial charge in [-0.2, -0.15) is 0 Å². The van der Waals surface area contributed by atoms with Crippen LogP contribution in [0.1, 0.15) is 38.3 Å². The number of aryl methyl sites for hydroxylation is 1. The smallest absolute Gasteiger partial charge is 0.0685 e. The zero-order chi connectivity index (χ0) is 18.1. The van der Waals surface area contributed by atoms with Gasteiger partial charge in [0.2, 0.25) is 0 Å². The summed E-state index contributed by atoms with van der Waals surface area (Å²) < 4.78 is 0. The zero-order valence-electron chi connectivity index (χ0n) is 15.3. The first-order chi connectivity index (χ1) is 11.4. The minimum Gasteiger partial charge on any atom is -0.402 e. The van der Waals surface area contributed by atoms with E-state index < -0.39 is 0 Å². The normalized spacial score (nSPS) is 13.8. The number of hydrogen-bond acceptors (Lipinski definition) is 2. The lowest BCUT2D eigenvalue weighted by Crippen LogP contribution is -2.04. The molecule has 0 amide bonds. The first-order valence-corrected chi connectivity index (χ1v) is 8.20. The van der Waals surface area contributed by atoms with E-state index in [-0.39, 0.29) is 0 Å². The number of allylic oxidation sites excluding steroid dienone is 5. The molecule has 126 valence electrons. The molecular weight excluding hydrogens is 292 g/mol. The van der Waals surface area contributed by atoms with Crippen LogP contribution in [0.2, 0.25) is 0 Å². The third-order valence-corrected chi connectivity index (χ3v) is 3.71. The summed E-state index contributed by atoms with van der Waals surface area (Å²) in [6.45, 7) is 15.9. The molecule has 0 unspecified atom stereocenters. The van der Waals surface area contributed by atoms with Gasteiger partial charge in [-0.1, -0.05) is 56.5 Å². The molecule has 24 heavy (non-hydrogen) atoms. The standard InChI is InChI=1S/C22H28N2/c1-7-19(8-2)18(6)24-22(14-17(5)23)20(9-3)15-21-13-11-10-12-16(21)4/h7-8,10-15H,1,6,9,23H2,2-5H3/b17-14-,19-8+,20-15+,24-22+. The molecule has 0 aliphatic heterocycles. The van der Waals surface area contributed by atoms with Gasteiger partial charge in [-0.25, -0.2) is 4.99 Å². The Bertz CT molecular complexity index is 724. The summed E-state index contributed by atoms with van der Waals surface area (Å²) in [5.74, 6) is 0. The number of nitrogens with two attached hydrogens (primary N) is 1. The van der Waals surface area contributed by atoms with Crippen LogP contribution in [0.5, 0.6) is 0 Å². The van der Waals surface area contributed by atoms with Gasteiger partial charge in [0.15, 0.2) is 0 Å². The molecule has 0 radical (unpaired) electrons. The molecule has 0 aliphatic carbocycles. The fourth-order valence-corrected chi connectivity index (χ4v) is 2.32. The molecule has 0 aromatic heterocycles. The first-order valence-electron chi connectivity index (χ1n) is 8.20. The molecule has 0 saturated heterocycles. The Labute approximate surface area is 146 Å². The monoisotopic (exact) mass is 320 g/mol. The Balaban J connectivity index is 3.42. The maximum absolute atomic E-state index is 5.91. The van der Waals surface area contributed by atoms with Gasteiger partial charge in [-0.3, -0.25) is 0 Å². The van der Waals surface area contributed by atoms with Crippen molar-refractivity contribution in [2.24, 2.45) is 10.7 Å². The average molecular weight is 320 g/mol. The highest BCUT2D eigenvalue weighted by Gasteiger charge is 2.07. The fraction of sp³-hybridized carbons (Fsp3) is 0.227. The summed E-state index contributed by atoms with van der Waals surface area (Å²) in [6.07, 6.45) is 8.63. The minimum absolute atomic E-state index is 0.684. The van der Waals surface area contributed by atoms with E-state index in [4.69, 9.17) is 10.7 Å². The molecule has 1 aromatic carbocycles. The molecule has 1 aromatic rings. The summed E-state index contributed by atoms with van der Waals surface area (Å²) in [5, 5.41) is 0. The predicted molar refractivity (Wildman–Crippen MR) is 108 cm³/mol. The highest BCUT2D eigenvalue weighted by molar-refractivity contribution is 6.12. The lowest BCUT2D eigenvalue weighted by atomic mass is 10.00. The second kappa shape index (κ2) is 9.51. The highest BCUT2D eigenvalue weighted by Crippen LogP contribution is 2.19. The Morgan fingerprint density at radius 2 is 1.96 bits per heavy atom.